The molecule has 106 valence electrons. The summed E-state index contributed by atoms with van der Waals surface area (Å²) in [6, 6.07) is 9.20. The molecule has 0 saturated heterocycles. The van der Waals surface area contributed by atoms with Crippen LogP contribution in [0.3, 0.4) is 0 Å². The van der Waals surface area contributed by atoms with Gasteiger partial charge >= 0.3 is 0 Å². The molecule has 6 heteroatoms. The number of hydrogen-bond acceptors (Lipinski definition) is 2. The molecule has 0 N–H and O–H groups in total. The van der Waals surface area contributed by atoms with Gasteiger partial charge in [-0.25, -0.2) is 0 Å². The van der Waals surface area contributed by atoms with Crippen molar-refractivity contribution in [3.63, 3.8) is 0 Å². The molecule has 1 aromatic heterocycles. The second-order valence-electron chi connectivity index (χ2n) is 4.68. The van der Waals surface area contributed by atoms with Gasteiger partial charge in [0, 0.05) is 14.1 Å². The summed E-state index contributed by atoms with van der Waals surface area (Å²) < 4.78 is 3.30. The summed E-state index contributed by atoms with van der Waals surface area (Å²) in [4.78, 5) is 14.1. The molecule has 0 bridgehead atoms. The summed E-state index contributed by atoms with van der Waals surface area (Å²) in [6.45, 7) is 1.93. The van der Waals surface area contributed by atoms with E-state index in [-0.39, 0.29) is 5.91 Å². The third kappa shape index (κ3) is 2.81. The monoisotopic (exact) mass is 399 g/mol. The third-order valence-electron chi connectivity index (χ3n) is 3.07. The minimum absolute atomic E-state index is 0.0122. The van der Waals surface area contributed by atoms with E-state index in [4.69, 9.17) is 0 Å². The van der Waals surface area contributed by atoms with Crippen LogP contribution in [-0.2, 0) is 4.79 Å². The largest absolute Gasteiger partial charge is 0.347 e. The van der Waals surface area contributed by atoms with Crippen LogP contribution < -0.4 is 0 Å². The van der Waals surface area contributed by atoms with E-state index in [9.17, 15) is 4.79 Å². The summed E-state index contributed by atoms with van der Waals surface area (Å²) in [7, 11) is 3.50. The van der Waals surface area contributed by atoms with Gasteiger partial charge in [-0.2, -0.15) is 5.10 Å². The SMILES string of the molecule is Cc1c(Br)c(Br)nn1C(C(=O)N(C)C)c1ccccc1. The van der Waals surface area contributed by atoms with E-state index in [0.29, 0.717) is 4.60 Å². The average molecular weight is 401 g/mol. The highest BCUT2D eigenvalue weighted by atomic mass is 79.9. The highest BCUT2D eigenvalue weighted by molar-refractivity contribution is 9.13. The van der Waals surface area contributed by atoms with Crippen LogP contribution in [0.1, 0.15) is 17.3 Å². The molecular weight excluding hydrogens is 386 g/mol. The minimum Gasteiger partial charge on any atom is -0.347 e. The quantitative estimate of drug-likeness (QED) is 0.791. The van der Waals surface area contributed by atoms with Crippen LogP contribution in [0.15, 0.2) is 39.4 Å². The number of hydrogen-bond donors (Lipinski definition) is 0. The van der Waals surface area contributed by atoms with Crippen molar-refractivity contribution in [3.8, 4) is 0 Å². The minimum atomic E-state index is -0.464. The van der Waals surface area contributed by atoms with Gasteiger partial charge in [-0.1, -0.05) is 30.3 Å². The second-order valence-corrected chi connectivity index (χ2v) is 6.22. The van der Waals surface area contributed by atoms with Crippen molar-refractivity contribution < 1.29 is 4.79 Å². The second kappa shape index (κ2) is 6.10. The van der Waals surface area contributed by atoms with Crippen molar-refractivity contribution in [1.82, 2.24) is 14.7 Å². The smallest absolute Gasteiger partial charge is 0.251 e. The number of carbonyl (C=O) groups excluding carboxylic acids is 1. The molecular formula is C14H15Br2N3O. The third-order valence-corrected chi connectivity index (χ3v) is 5.11. The number of halogens is 2. The molecule has 1 atom stereocenters. The number of nitrogens with zero attached hydrogens (tertiary/aromatic N) is 3. The summed E-state index contributed by atoms with van der Waals surface area (Å²) in [5.74, 6) is -0.0122. The van der Waals surface area contributed by atoms with Crippen LogP contribution >= 0.6 is 31.9 Å². The van der Waals surface area contributed by atoms with Crippen LogP contribution in [0, 0.1) is 6.92 Å². The summed E-state index contributed by atoms with van der Waals surface area (Å²) in [5.41, 5.74) is 1.82. The number of rotatable bonds is 3. The Morgan fingerprint density at radius 1 is 1.25 bits per heavy atom. The lowest BCUT2D eigenvalue weighted by atomic mass is 10.1. The zero-order valence-electron chi connectivity index (χ0n) is 11.5. The van der Waals surface area contributed by atoms with Crippen LogP contribution in [0.25, 0.3) is 0 Å². The summed E-state index contributed by atoms with van der Waals surface area (Å²) >= 11 is 6.86. The summed E-state index contributed by atoms with van der Waals surface area (Å²) in [6.07, 6.45) is 0. The van der Waals surface area contributed by atoms with Gasteiger partial charge in [0.25, 0.3) is 5.91 Å². The highest BCUT2D eigenvalue weighted by Crippen LogP contribution is 2.30. The van der Waals surface area contributed by atoms with E-state index in [1.165, 1.54) is 0 Å². The number of amides is 1. The maximum atomic E-state index is 12.6. The van der Waals surface area contributed by atoms with Crippen LogP contribution in [0.4, 0.5) is 0 Å². The van der Waals surface area contributed by atoms with Crippen molar-refractivity contribution in [3.05, 3.63) is 50.7 Å². The Balaban J connectivity index is 2.58. The van der Waals surface area contributed by atoms with Crippen LogP contribution in [0.5, 0.6) is 0 Å². The first kappa shape index (κ1) is 15.3. The first-order valence-electron chi connectivity index (χ1n) is 6.09. The van der Waals surface area contributed by atoms with Gasteiger partial charge in [0.05, 0.1) is 10.2 Å². The normalized spacial score (nSPS) is 12.2. The van der Waals surface area contributed by atoms with Crippen molar-refractivity contribution in [2.45, 2.75) is 13.0 Å². The molecule has 0 saturated carbocycles. The van der Waals surface area contributed by atoms with Gasteiger partial charge < -0.3 is 4.90 Å². The maximum Gasteiger partial charge on any atom is 0.251 e. The number of benzene rings is 1. The Hall–Kier alpha value is -1.14. The molecule has 2 rings (SSSR count). The van der Waals surface area contributed by atoms with Crippen molar-refractivity contribution in [2.75, 3.05) is 14.1 Å². The molecule has 0 spiro atoms. The standard InChI is InChI=1S/C14H15Br2N3O/c1-9-11(15)13(16)17-19(9)12(14(20)18(2)3)10-7-5-4-6-8-10/h4-8,12H,1-3H3. The van der Waals surface area contributed by atoms with Crippen LogP contribution in [-0.4, -0.2) is 34.7 Å². The topological polar surface area (TPSA) is 38.1 Å². The van der Waals surface area contributed by atoms with Crippen molar-refractivity contribution in [2.24, 2.45) is 0 Å². The Morgan fingerprint density at radius 2 is 1.85 bits per heavy atom. The molecule has 2 aromatic rings. The molecule has 1 amide bonds. The van der Waals surface area contributed by atoms with Gasteiger partial charge in [-0.3, -0.25) is 9.48 Å². The fourth-order valence-electron chi connectivity index (χ4n) is 1.98. The fraction of sp³-hybridized carbons (Fsp3) is 0.286. The molecule has 0 radical (unpaired) electrons. The van der Waals surface area contributed by atoms with E-state index in [0.717, 1.165) is 15.7 Å². The average Bonchev–Trinajstić information content (AvgIpc) is 2.68. The van der Waals surface area contributed by atoms with Crippen molar-refractivity contribution >= 4 is 37.8 Å². The molecule has 20 heavy (non-hydrogen) atoms. The first-order valence-corrected chi connectivity index (χ1v) is 7.68. The lowest BCUT2D eigenvalue weighted by molar-refractivity contribution is -0.131. The fourth-order valence-corrected chi connectivity index (χ4v) is 2.70. The Bertz CT molecular complexity index is 623. The molecule has 0 aliphatic heterocycles. The van der Waals surface area contributed by atoms with E-state index in [1.807, 2.05) is 37.3 Å². The van der Waals surface area contributed by atoms with Gasteiger partial charge in [0.1, 0.15) is 4.60 Å². The molecule has 1 aromatic carbocycles. The predicted octanol–water partition coefficient (Wildman–Crippen LogP) is 3.39. The predicted molar refractivity (Wildman–Crippen MR) is 85.6 cm³/mol. The maximum absolute atomic E-state index is 12.6. The van der Waals surface area contributed by atoms with Crippen molar-refractivity contribution in [1.29, 1.82) is 0 Å². The number of carbonyl (C=O) groups is 1. The van der Waals surface area contributed by atoms with E-state index in [2.05, 4.69) is 37.0 Å². The van der Waals surface area contributed by atoms with Gasteiger partial charge in [0.2, 0.25) is 0 Å². The zero-order valence-corrected chi connectivity index (χ0v) is 14.6. The first-order chi connectivity index (χ1) is 9.43. The molecule has 1 unspecified atom stereocenters. The molecule has 0 aliphatic rings. The molecule has 0 aliphatic carbocycles. The van der Waals surface area contributed by atoms with E-state index < -0.39 is 6.04 Å². The van der Waals surface area contributed by atoms with Gasteiger partial charge in [0.15, 0.2) is 6.04 Å². The Labute approximate surface area is 135 Å². The number of likely N-dealkylation sites (N-methyl/N-ethyl adjacent to an activating group) is 1. The lowest BCUT2D eigenvalue weighted by Gasteiger charge is -2.22. The number of aromatic nitrogens is 2. The molecule has 0 fully saturated rings. The van der Waals surface area contributed by atoms with E-state index in [1.54, 1.807) is 23.7 Å². The van der Waals surface area contributed by atoms with E-state index >= 15 is 0 Å². The molecule has 4 nitrogen and oxygen atoms in total. The lowest BCUT2D eigenvalue weighted by Crippen LogP contribution is -2.33. The van der Waals surface area contributed by atoms with Gasteiger partial charge in [-0.15, -0.1) is 0 Å². The Morgan fingerprint density at radius 3 is 2.30 bits per heavy atom. The van der Waals surface area contributed by atoms with Gasteiger partial charge in [-0.05, 0) is 44.3 Å². The molecule has 1 heterocycles. The highest BCUT2D eigenvalue weighted by Gasteiger charge is 2.27. The van der Waals surface area contributed by atoms with Crippen LogP contribution in [0.2, 0.25) is 0 Å². The summed E-state index contributed by atoms with van der Waals surface area (Å²) in [5, 5.41) is 4.43. The Kier molecular flexibility index (Phi) is 4.65. The zero-order chi connectivity index (χ0) is 14.9.